The molecule has 1 aliphatic rings. The summed E-state index contributed by atoms with van der Waals surface area (Å²) in [5, 5.41) is 5.10. The Morgan fingerprint density at radius 1 is 0.926 bits per heavy atom. The van der Waals surface area contributed by atoms with E-state index < -0.39 is 22.1 Å². The maximum absolute atomic E-state index is 12.7. The van der Waals surface area contributed by atoms with Gasteiger partial charge in [0, 0.05) is 11.1 Å². The SMILES string of the molecule is NS(=O)(=O)c1cc(C(=O)OC2c3ccccc3-c3ccccc32)ccc1Cl. The van der Waals surface area contributed by atoms with Crippen molar-refractivity contribution in [2.75, 3.05) is 0 Å². The zero-order valence-corrected chi connectivity index (χ0v) is 15.5. The Morgan fingerprint density at radius 2 is 1.48 bits per heavy atom. The first kappa shape index (κ1) is 17.7. The highest BCUT2D eigenvalue weighted by atomic mass is 35.5. The molecule has 4 rings (SSSR count). The minimum Gasteiger partial charge on any atom is -0.449 e. The molecule has 0 saturated carbocycles. The van der Waals surface area contributed by atoms with Crippen molar-refractivity contribution in [2.45, 2.75) is 11.0 Å². The molecular formula is C20H14ClNO4S. The number of ether oxygens (including phenoxy) is 1. The zero-order valence-electron chi connectivity index (χ0n) is 13.9. The predicted molar refractivity (Wildman–Crippen MR) is 102 cm³/mol. The van der Waals surface area contributed by atoms with Gasteiger partial charge in [-0.15, -0.1) is 0 Å². The average Bonchev–Trinajstić information content (AvgIpc) is 2.95. The normalized spacial score (nSPS) is 13.1. The molecule has 0 aromatic heterocycles. The molecule has 0 aliphatic heterocycles. The van der Waals surface area contributed by atoms with Crippen LogP contribution in [0.15, 0.2) is 71.6 Å². The second-order valence-electron chi connectivity index (χ2n) is 6.15. The van der Waals surface area contributed by atoms with Gasteiger partial charge in [0.1, 0.15) is 4.90 Å². The molecule has 3 aromatic carbocycles. The van der Waals surface area contributed by atoms with Crippen LogP contribution in [0.3, 0.4) is 0 Å². The minimum absolute atomic E-state index is 0.0504. The number of halogens is 1. The molecule has 5 nitrogen and oxygen atoms in total. The minimum atomic E-state index is -4.05. The van der Waals surface area contributed by atoms with Crippen LogP contribution in [0.4, 0.5) is 0 Å². The number of nitrogens with two attached hydrogens (primary N) is 1. The fraction of sp³-hybridized carbons (Fsp3) is 0.0500. The molecule has 1 aliphatic carbocycles. The Bertz CT molecular complexity index is 1130. The quantitative estimate of drug-likeness (QED) is 0.676. The van der Waals surface area contributed by atoms with Crippen LogP contribution in [0.25, 0.3) is 11.1 Å². The van der Waals surface area contributed by atoms with E-state index in [2.05, 4.69) is 0 Å². The van der Waals surface area contributed by atoms with Gasteiger partial charge in [-0.25, -0.2) is 18.4 Å². The number of hydrogen-bond acceptors (Lipinski definition) is 4. The topological polar surface area (TPSA) is 86.5 Å². The summed E-state index contributed by atoms with van der Waals surface area (Å²) >= 11 is 5.88. The number of sulfonamides is 1. The van der Waals surface area contributed by atoms with Crippen molar-refractivity contribution in [3.05, 3.63) is 88.4 Å². The molecule has 27 heavy (non-hydrogen) atoms. The molecule has 0 heterocycles. The van der Waals surface area contributed by atoms with E-state index in [1.807, 2.05) is 48.5 Å². The molecule has 3 aromatic rings. The van der Waals surface area contributed by atoms with Gasteiger partial charge in [-0.2, -0.15) is 0 Å². The maximum atomic E-state index is 12.7. The third-order valence-electron chi connectivity index (χ3n) is 4.48. The van der Waals surface area contributed by atoms with Gasteiger partial charge in [0.25, 0.3) is 0 Å². The summed E-state index contributed by atoms with van der Waals surface area (Å²) in [6, 6.07) is 19.2. The molecule has 0 fully saturated rings. The molecule has 0 saturated heterocycles. The van der Waals surface area contributed by atoms with Crippen molar-refractivity contribution in [2.24, 2.45) is 5.14 Å². The summed E-state index contributed by atoms with van der Waals surface area (Å²) < 4.78 is 29.0. The zero-order chi connectivity index (χ0) is 19.2. The largest absolute Gasteiger partial charge is 0.449 e. The van der Waals surface area contributed by atoms with Crippen LogP contribution in [-0.2, 0) is 14.8 Å². The van der Waals surface area contributed by atoms with Crippen LogP contribution in [0.5, 0.6) is 0 Å². The first-order valence-electron chi connectivity index (χ1n) is 8.08. The maximum Gasteiger partial charge on any atom is 0.339 e. The van der Waals surface area contributed by atoms with E-state index in [0.29, 0.717) is 0 Å². The van der Waals surface area contributed by atoms with E-state index in [-0.39, 0.29) is 15.5 Å². The highest BCUT2D eigenvalue weighted by Crippen LogP contribution is 2.45. The van der Waals surface area contributed by atoms with Gasteiger partial charge in [0.05, 0.1) is 10.6 Å². The summed E-state index contributed by atoms with van der Waals surface area (Å²) in [5.74, 6) is -0.659. The van der Waals surface area contributed by atoms with E-state index in [1.165, 1.54) is 12.1 Å². The summed E-state index contributed by atoms with van der Waals surface area (Å²) in [7, 11) is -4.05. The van der Waals surface area contributed by atoms with Crippen molar-refractivity contribution in [1.82, 2.24) is 0 Å². The smallest absolute Gasteiger partial charge is 0.339 e. The fourth-order valence-corrected chi connectivity index (χ4v) is 4.33. The van der Waals surface area contributed by atoms with Crippen LogP contribution in [0.2, 0.25) is 5.02 Å². The Morgan fingerprint density at radius 3 is 2.04 bits per heavy atom. The van der Waals surface area contributed by atoms with E-state index in [9.17, 15) is 13.2 Å². The molecular weight excluding hydrogens is 386 g/mol. The molecule has 2 N–H and O–H groups in total. The van der Waals surface area contributed by atoms with E-state index in [1.54, 1.807) is 0 Å². The molecule has 7 heteroatoms. The third-order valence-corrected chi connectivity index (χ3v) is 5.87. The van der Waals surface area contributed by atoms with E-state index in [0.717, 1.165) is 28.3 Å². The van der Waals surface area contributed by atoms with Gasteiger partial charge in [-0.05, 0) is 29.3 Å². The van der Waals surface area contributed by atoms with Crippen molar-refractivity contribution in [1.29, 1.82) is 0 Å². The molecule has 0 bridgehead atoms. The monoisotopic (exact) mass is 399 g/mol. The lowest BCUT2D eigenvalue weighted by Gasteiger charge is -2.15. The van der Waals surface area contributed by atoms with Crippen molar-refractivity contribution in [3.63, 3.8) is 0 Å². The second-order valence-corrected chi connectivity index (χ2v) is 8.09. The van der Waals surface area contributed by atoms with Crippen molar-refractivity contribution < 1.29 is 17.9 Å². The standard InChI is InChI=1S/C20H14ClNO4S/c21-17-10-9-12(11-18(17)27(22,24)25)20(23)26-19-15-7-3-1-5-13(15)14-6-2-4-8-16(14)19/h1-11,19H,(H2,22,24,25). The number of carbonyl (C=O) groups excluding carboxylic acids is 1. The van der Waals surface area contributed by atoms with E-state index >= 15 is 0 Å². The number of primary sulfonamides is 1. The average molecular weight is 400 g/mol. The highest BCUT2D eigenvalue weighted by Gasteiger charge is 2.31. The van der Waals surface area contributed by atoms with Crippen molar-refractivity contribution in [3.8, 4) is 11.1 Å². The fourth-order valence-electron chi connectivity index (χ4n) is 3.26. The first-order chi connectivity index (χ1) is 12.9. The second kappa shape index (κ2) is 6.49. The Labute approximate surface area is 161 Å². The number of carbonyl (C=O) groups is 1. The molecule has 0 atom stereocenters. The van der Waals surface area contributed by atoms with Gasteiger partial charge in [-0.1, -0.05) is 60.1 Å². The van der Waals surface area contributed by atoms with Gasteiger partial charge in [-0.3, -0.25) is 0 Å². The molecule has 0 amide bonds. The predicted octanol–water partition coefficient (Wildman–Crippen LogP) is 3.91. The van der Waals surface area contributed by atoms with Gasteiger partial charge >= 0.3 is 5.97 Å². The number of hydrogen-bond donors (Lipinski definition) is 1. The number of rotatable bonds is 3. The molecule has 0 unspecified atom stereocenters. The Hall–Kier alpha value is -2.67. The van der Waals surface area contributed by atoms with Gasteiger partial charge in [0.2, 0.25) is 10.0 Å². The number of benzene rings is 3. The molecule has 0 radical (unpaired) electrons. The summed E-state index contributed by atoms with van der Waals surface area (Å²) in [5.41, 5.74) is 3.84. The summed E-state index contributed by atoms with van der Waals surface area (Å²) in [4.78, 5) is 12.4. The molecule has 136 valence electrons. The van der Waals surface area contributed by atoms with Crippen LogP contribution >= 0.6 is 11.6 Å². The van der Waals surface area contributed by atoms with E-state index in [4.69, 9.17) is 21.5 Å². The first-order valence-corrected chi connectivity index (χ1v) is 10.0. The highest BCUT2D eigenvalue weighted by molar-refractivity contribution is 7.89. The summed E-state index contributed by atoms with van der Waals surface area (Å²) in [6.45, 7) is 0. The van der Waals surface area contributed by atoms with Crippen LogP contribution in [0, 0.1) is 0 Å². The summed E-state index contributed by atoms with van der Waals surface area (Å²) in [6.07, 6.45) is -0.571. The van der Waals surface area contributed by atoms with Crippen LogP contribution in [-0.4, -0.2) is 14.4 Å². The number of fused-ring (bicyclic) bond motifs is 3. The van der Waals surface area contributed by atoms with Gasteiger partial charge < -0.3 is 4.74 Å². The van der Waals surface area contributed by atoms with Crippen molar-refractivity contribution >= 4 is 27.6 Å². The Balaban J connectivity index is 1.72. The van der Waals surface area contributed by atoms with Crippen LogP contribution in [0.1, 0.15) is 27.6 Å². The number of esters is 1. The molecule has 0 spiro atoms. The third kappa shape index (κ3) is 3.12. The van der Waals surface area contributed by atoms with Gasteiger partial charge in [0.15, 0.2) is 6.10 Å². The lowest BCUT2D eigenvalue weighted by Crippen LogP contribution is -2.15. The lowest BCUT2D eigenvalue weighted by molar-refractivity contribution is 0.0385. The van der Waals surface area contributed by atoms with Crippen LogP contribution < -0.4 is 5.14 Å². The Kier molecular flexibility index (Phi) is 4.26. The lowest BCUT2D eigenvalue weighted by atomic mass is 10.1.